The van der Waals surface area contributed by atoms with E-state index < -0.39 is 11.7 Å². The van der Waals surface area contributed by atoms with Crippen molar-refractivity contribution in [2.24, 2.45) is 0 Å². The Bertz CT molecular complexity index is 751. The van der Waals surface area contributed by atoms with E-state index in [1.54, 1.807) is 18.2 Å². The first-order valence-electron chi connectivity index (χ1n) is 7.34. The van der Waals surface area contributed by atoms with Crippen LogP contribution in [0.3, 0.4) is 0 Å². The molecule has 0 aromatic heterocycles. The Balaban J connectivity index is 1.90. The predicted octanol–water partition coefficient (Wildman–Crippen LogP) is 4.81. The number of alkyl halides is 3. The van der Waals surface area contributed by atoms with Crippen LogP contribution in [0, 0.1) is 0 Å². The average Bonchev–Trinajstić information content (AvgIpc) is 2.54. The Morgan fingerprint density at radius 3 is 2.64 bits per heavy atom. The molecule has 0 aliphatic heterocycles. The molecule has 134 valence electrons. The summed E-state index contributed by atoms with van der Waals surface area (Å²) in [6, 6.07) is 9.61. The summed E-state index contributed by atoms with van der Waals surface area (Å²) in [4.78, 5) is 12.0. The number of ether oxygens (including phenoxy) is 1. The van der Waals surface area contributed by atoms with Gasteiger partial charge in [0.1, 0.15) is 5.75 Å². The number of rotatable bonds is 6. The summed E-state index contributed by atoms with van der Waals surface area (Å²) < 4.78 is 43.1. The lowest BCUT2D eigenvalue weighted by molar-refractivity contribution is -0.137. The molecule has 0 unspecified atom stereocenters. The van der Waals surface area contributed by atoms with Gasteiger partial charge in [0.15, 0.2) is 0 Å². The third-order valence-electron chi connectivity index (χ3n) is 3.31. The summed E-state index contributed by atoms with van der Waals surface area (Å²) in [7, 11) is 1.47. The Morgan fingerprint density at radius 2 is 1.96 bits per heavy atom. The van der Waals surface area contributed by atoms with Crippen molar-refractivity contribution < 1.29 is 22.7 Å². The molecule has 0 saturated carbocycles. The second kappa shape index (κ2) is 8.11. The van der Waals surface area contributed by atoms with Gasteiger partial charge in [0, 0.05) is 23.7 Å². The van der Waals surface area contributed by atoms with Crippen molar-refractivity contribution in [3.63, 3.8) is 0 Å². The number of nitrogens with one attached hydrogen (secondary N) is 2. The SMILES string of the molecule is COc1ccc(Cl)cc1NC(=O)CCNc1cccc(C(F)(F)F)c1. The molecule has 2 aromatic rings. The molecule has 8 heteroatoms. The van der Waals surface area contributed by atoms with Gasteiger partial charge in [-0.1, -0.05) is 17.7 Å². The maximum absolute atomic E-state index is 12.7. The van der Waals surface area contributed by atoms with Crippen LogP contribution in [0.15, 0.2) is 42.5 Å². The van der Waals surface area contributed by atoms with Crippen molar-refractivity contribution in [1.29, 1.82) is 0 Å². The van der Waals surface area contributed by atoms with Crippen LogP contribution in [0.1, 0.15) is 12.0 Å². The van der Waals surface area contributed by atoms with Crippen LogP contribution in [0.25, 0.3) is 0 Å². The Kier molecular flexibility index (Phi) is 6.14. The zero-order valence-electron chi connectivity index (χ0n) is 13.3. The average molecular weight is 373 g/mol. The smallest absolute Gasteiger partial charge is 0.416 e. The third-order valence-corrected chi connectivity index (χ3v) is 3.54. The first-order chi connectivity index (χ1) is 11.8. The van der Waals surface area contributed by atoms with Gasteiger partial charge in [-0.2, -0.15) is 13.2 Å². The van der Waals surface area contributed by atoms with Crippen molar-refractivity contribution in [1.82, 2.24) is 0 Å². The van der Waals surface area contributed by atoms with E-state index in [1.807, 2.05) is 0 Å². The number of amides is 1. The lowest BCUT2D eigenvalue weighted by Crippen LogP contribution is -2.17. The fourth-order valence-corrected chi connectivity index (χ4v) is 2.29. The van der Waals surface area contributed by atoms with E-state index in [9.17, 15) is 18.0 Å². The second-order valence-electron chi connectivity index (χ2n) is 5.15. The van der Waals surface area contributed by atoms with Crippen LogP contribution in [0.5, 0.6) is 5.75 Å². The van der Waals surface area contributed by atoms with Crippen LogP contribution >= 0.6 is 11.6 Å². The van der Waals surface area contributed by atoms with Crippen LogP contribution < -0.4 is 15.4 Å². The number of methoxy groups -OCH3 is 1. The van der Waals surface area contributed by atoms with E-state index in [1.165, 1.54) is 19.2 Å². The van der Waals surface area contributed by atoms with Crippen molar-refractivity contribution in [2.75, 3.05) is 24.3 Å². The second-order valence-corrected chi connectivity index (χ2v) is 5.58. The van der Waals surface area contributed by atoms with E-state index in [0.717, 1.165) is 12.1 Å². The minimum Gasteiger partial charge on any atom is -0.495 e. The summed E-state index contributed by atoms with van der Waals surface area (Å²) in [5, 5.41) is 5.89. The van der Waals surface area contributed by atoms with E-state index in [4.69, 9.17) is 16.3 Å². The molecule has 0 aliphatic rings. The number of carbonyl (C=O) groups is 1. The number of halogens is 4. The fraction of sp³-hybridized carbons (Fsp3) is 0.235. The van der Waals surface area contributed by atoms with Gasteiger partial charge >= 0.3 is 6.18 Å². The van der Waals surface area contributed by atoms with Gasteiger partial charge < -0.3 is 15.4 Å². The van der Waals surface area contributed by atoms with Gasteiger partial charge in [0.25, 0.3) is 0 Å². The van der Waals surface area contributed by atoms with E-state index in [0.29, 0.717) is 22.1 Å². The number of anilines is 2. The normalized spacial score (nSPS) is 11.1. The molecule has 0 bridgehead atoms. The number of hydrogen-bond donors (Lipinski definition) is 2. The van der Waals surface area contributed by atoms with Crippen molar-refractivity contribution in [3.8, 4) is 5.75 Å². The van der Waals surface area contributed by atoms with Gasteiger partial charge in [0.05, 0.1) is 18.4 Å². The van der Waals surface area contributed by atoms with Crippen LogP contribution in [0.2, 0.25) is 5.02 Å². The van der Waals surface area contributed by atoms with Crippen molar-refractivity contribution in [2.45, 2.75) is 12.6 Å². The first-order valence-corrected chi connectivity index (χ1v) is 7.72. The highest BCUT2D eigenvalue weighted by Gasteiger charge is 2.30. The molecule has 2 aromatic carbocycles. The third kappa shape index (κ3) is 5.56. The molecule has 0 atom stereocenters. The molecular formula is C17H16ClF3N2O2. The van der Waals surface area contributed by atoms with Crippen LogP contribution in [0.4, 0.5) is 24.5 Å². The molecule has 0 spiro atoms. The zero-order valence-corrected chi connectivity index (χ0v) is 14.0. The Hall–Kier alpha value is -2.41. The summed E-state index contributed by atoms with van der Waals surface area (Å²) in [6.45, 7) is 0.177. The Labute approximate surface area is 147 Å². The van der Waals surface area contributed by atoms with E-state index >= 15 is 0 Å². The molecule has 0 fully saturated rings. The number of carbonyl (C=O) groups excluding carboxylic acids is 1. The molecule has 2 rings (SSSR count). The highest BCUT2D eigenvalue weighted by atomic mass is 35.5. The van der Waals surface area contributed by atoms with Gasteiger partial charge in [-0.25, -0.2) is 0 Å². The molecule has 0 aliphatic carbocycles. The van der Waals surface area contributed by atoms with E-state index in [2.05, 4.69) is 10.6 Å². The minimum absolute atomic E-state index is 0.0614. The predicted molar refractivity (Wildman–Crippen MR) is 91.2 cm³/mol. The lowest BCUT2D eigenvalue weighted by atomic mass is 10.2. The monoisotopic (exact) mass is 372 g/mol. The zero-order chi connectivity index (χ0) is 18.4. The van der Waals surface area contributed by atoms with Gasteiger partial charge in [0.2, 0.25) is 5.91 Å². The van der Waals surface area contributed by atoms with E-state index in [-0.39, 0.29) is 18.9 Å². The lowest BCUT2D eigenvalue weighted by Gasteiger charge is -2.12. The molecule has 2 N–H and O–H groups in total. The highest BCUT2D eigenvalue weighted by Crippen LogP contribution is 2.30. The van der Waals surface area contributed by atoms with Gasteiger partial charge in [-0.05, 0) is 36.4 Å². The quantitative estimate of drug-likeness (QED) is 0.765. The molecule has 25 heavy (non-hydrogen) atoms. The minimum atomic E-state index is -4.40. The maximum atomic E-state index is 12.7. The molecule has 1 amide bonds. The highest BCUT2D eigenvalue weighted by molar-refractivity contribution is 6.31. The molecule has 0 saturated heterocycles. The summed E-state index contributed by atoms with van der Waals surface area (Å²) >= 11 is 5.88. The Morgan fingerprint density at radius 1 is 1.20 bits per heavy atom. The number of benzene rings is 2. The largest absolute Gasteiger partial charge is 0.495 e. The summed E-state index contributed by atoms with van der Waals surface area (Å²) in [5.41, 5.74) is -0.0207. The van der Waals surface area contributed by atoms with Crippen molar-refractivity contribution in [3.05, 3.63) is 53.1 Å². The first kappa shape index (κ1) is 18.9. The maximum Gasteiger partial charge on any atom is 0.416 e. The molecule has 0 heterocycles. The van der Waals surface area contributed by atoms with Crippen LogP contribution in [-0.2, 0) is 11.0 Å². The fourth-order valence-electron chi connectivity index (χ4n) is 2.12. The summed E-state index contributed by atoms with van der Waals surface area (Å²) in [5.74, 6) is 0.142. The van der Waals surface area contributed by atoms with Crippen LogP contribution in [-0.4, -0.2) is 19.6 Å². The van der Waals surface area contributed by atoms with Gasteiger partial charge in [-0.3, -0.25) is 4.79 Å². The molecule has 0 radical (unpaired) electrons. The number of hydrogen-bond acceptors (Lipinski definition) is 3. The topological polar surface area (TPSA) is 50.4 Å². The summed E-state index contributed by atoms with van der Waals surface area (Å²) in [6.07, 6.45) is -4.34. The molecular weight excluding hydrogens is 357 g/mol. The van der Waals surface area contributed by atoms with Crippen molar-refractivity contribution >= 4 is 28.9 Å². The van der Waals surface area contributed by atoms with Gasteiger partial charge in [-0.15, -0.1) is 0 Å². The molecule has 4 nitrogen and oxygen atoms in total. The standard InChI is InChI=1S/C17H16ClF3N2O2/c1-25-15-6-5-12(18)10-14(15)23-16(24)7-8-22-13-4-2-3-11(9-13)17(19,20)21/h2-6,9-10,22H,7-8H2,1H3,(H,23,24).